The van der Waals surface area contributed by atoms with Crippen LogP contribution in [0.4, 0.5) is 4.39 Å². The van der Waals surface area contributed by atoms with Gasteiger partial charge in [-0.1, -0.05) is 58.7 Å². The zero-order valence-electron chi connectivity index (χ0n) is 15.4. The minimum absolute atomic E-state index is 0.345. The lowest BCUT2D eigenvalue weighted by atomic mass is 9.88. The molecule has 1 unspecified atom stereocenters. The van der Waals surface area contributed by atoms with Gasteiger partial charge in [0.1, 0.15) is 5.82 Å². The number of fused-ring (bicyclic) bond motifs is 1. The number of hydrogen-bond donors (Lipinski definition) is 0. The predicted molar refractivity (Wildman–Crippen MR) is 101 cm³/mol. The third-order valence-electron chi connectivity index (χ3n) is 3.67. The van der Waals surface area contributed by atoms with Crippen LogP contribution in [0.2, 0.25) is 5.02 Å². The molecular weight excluding hydrogens is 323 g/mol. The second-order valence-corrected chi connectivity index (χ2v) is 6.14. The number of aryl methyl sites for hydroxylation is 1. The van der Waals surface area contributed by atoms with Crippen molar-refractivity contribution in [2.24, 2.45) is 0 Å². The third-order valence-corrected chi connectivity index (χ3v) is 3.99. The first kappa shape index (κ1) is 20.6. The van der Waals surface area contributed by atoms with Crippen LogP contribution in [-0.4, -0.2) is 10.2 Å². The van der Waals surface area contributed by atoms with Gasteiger partial charge in [0, 0.05) is 5.92 Å². The monoisotopic (exact) mass is 350 g/mol. The molecule has 24 heavy (non-hydrogen) atoms. The summed E-state index contributed by atoms with van der Waals surface area (Å²) in [6.45, 7) is 10.4. The minimum atomic E-state index is -0.356. The van der Waals surface area contributed by atoms with Crippen molar-refractivity contribution in [3.63, 3.8) is 0 Å². The Bertz CT molecular complexity index is 623. The molecule has 0 aliphatic heterocycles. The summed E-state index contributed by atoms with van der Waals surface area (Å²) >= 11 is 6.07. The highest BCUT2D eigenvalue weighted by Crippen LogP contribution is 2.33. The molecule has 4 heteroatoms. The molecule has 0 spiro atoms. The fraction of sp³-hybridized carbons (Fsp3) is 0.500. The quantitative estimate of drug-likeness (QED) is 0.564. The standard InChI is InChI=1S/C15H14ClFN2.C3H8.C2H6/c1-9-4-2-5-10-8-13(18-19-15(9)10)14-11(16)6-3-7-12(14)17;1-3-2;1-2/h3,6-9H,2,4-5H2,1H3;3H2,1-2H3;1-2H3. The largest absolute Gasteiger partial charge is 0.206 e. The zero-order chi connectivity index (χ0) is 18.1. The summed E-state index contributed by atoms with van der Waals surface area (Å²) in [6.07, 6.45) is 4.51. The van der Waals surface area contributed by atoms with Crippen LogP contribution in [0, 0.1) is 5.82 Å². The van der Waals surface area contributed by atoms with E-state index in [-0.39, 0.29) is 5.82 Å². The van der Waals surface area contributed by atoms with E-state index in [0.29, 0.717) is 22.2 Å². The van der Waals surface area contributed by atoms with E-state index in [1.54, 1.807) is 12.1 Å². The van der Waals surface area contributed by atoms with Crippen molar-refractivity contribution in [3.8, 4) is 11.3 Å². The summed E-state index contributed by atoms with van der Waals surface area (Å²) in [4.78, 5) is 0. The molecule has 0 amide bonds. The molecule has 1 heterocycles. The first-order chi connectivity index (χ1) is 11.6. The highest BCUT2D eigenvalue weighted by Gasteiger charge is 2.20. The number of halogens is 2. The first-order valence-electron chi connectivity index (χ1n) is 8.89. The van der Waals surface area contributed by atoms with Crippen molar-refractivity contribution in [3.05, 3.63) is 46.4 Å². The van der Waals surface area contributed by atoms with E-state index in [1.807, 2.05) is 19.9 Å². The highest BCUT2D eigenvalue weighted by atomic mass is 35.5. The molecule has 0 saturated carbocycles. The van der Waals surface area contributed by atoms with Gasteiger partial charge < -0.3 is 0 Å². The molecule has 0 N–H and O–H groups in total. The van der Waals surface area contributed by atoms with Gasteiger partial charge in [-0.2, -0.15) is 10.2 Å². The van der Waals surface area contributed by atoms with Gasteiger partial charge in [-0.05, 0) is 43.0 Å². The molecular formula is C20H28ClFN2. The molecule has 1 aliphatic rings. The van der Waals surface area contributed by atoms with Crippen LogP contribution in [0.1, 0.15) is 71.1 Å². The SMILES string of the molecule is CC.CC1CCCc2cc(-c3c(F)cccc3Cl)nnc21.CCC. The highest BCUT2D eigenvalue weighted by molar-refractivity contribution is 6.33. The van der Waals surface area contributed by atoms with E-state index in [4.69, 9.17) is 11.6 Å². The molecule has 0 saturated heterocycles. The Labute approximate surface area is 150 Å². The number of hydrogen-bond acceptors (Lipinski definition) is 2. The summed E-state index contributed by atoms with van der Waals surface area (Å²) < 4.78 is 13.9. The number of benzene rings is 1. The molecule has 132 valence electrons. The van der Waals surface area contributed by atoms with Gasteiger partial charge in [0.05, 0.1) is 22.0 Å². The first-order valence-corrected chi connectivity index (χ1v) is 9.27. The Morgan fingerprint density at radius 3 is 2.50 bits per heavy atom. The van der Waals surface area contributed by atoms with Gasteiger partial charge in [-0.15, -0.1) is 0 Å². The van der Waals surface area contributed by atoms with Gasteiger partial charge in [0.15, 0.2) is 0 Å². The van der Waals surface area contributed by atoms with Crippen LogP contribution in [0.15, 0.2) is 24.3 Å². The summed E-state index contributed by atoms with van der Waals surface area (Å²) in [5.74, 6) is 0.0759. The Kier molecular flexibility index (Phi) is 8.91. The number of rotatable bonds is 1. The van der Waals surface area contributed by atoms with Gasteiger partial charge in [-0.25, -0.2) is 4.39 Å². The minimum Gasteiger partial charge on any atom is -0.206 e. The number of nitrogens with zero attached hydrogens (tertiary/aromatic N) is 2. The summed E-state index contributed by atoms with van der Waals surface area (Å²) in [5.41, 5.74) is 3.08. The van der Waals surface area contributed by atoms with Crippen LogP contribution in [-0.2, 0) is 6.42 Å². The van der Waals surface area contributed by atoms with Gasteiger partial charge in [0.2, 0.25) is 0 Å². The second-order valence-electron chi connectivity index (χ2n) is 5.74. The smallest absolute Gasteiger partial charge is 0.134 e. The van der Waals surface area contributed by atoms with Crippen molar-refractivity contribution in [1.82, 2.24) is 10.2 Å². The average Bonchev–Trinajstić information content (AvgIpc) is 2.57. The van der Waals surface area contributed by atoms with E-state index < -0.39 is 0 Å². The third kappa shape index (κ3) is 5.01. The van der Waals surface area contributed by atoms with Crippen molar-refractivity contribution < 1.29 is 4.39 Å². The van der Waals surface area contributed by atoms with E-state index in [9.17, 15) is 4.39 Å². The molecule has 2 aromatic rings. The molecule has 0 radical (unpaired) electrons. The van der Waals surface area contributed by atoms with Crippen LogP contribution >= 0.6 is 11.6 Å². The predicted octanol–water partition coefficient (Wildman–Crippen LogP) is 6.82. The van der Waals surface area contributed by atoms with Crippen LogP contribution in [0.5, 0.6) is 0 Å². The summed E-state index contributed by atoms with van der Waals surface area (Å²) in [6, 6.07) is 6.59. The van der Waals surface area contributed by atoms with Gasteiger partial charge >= 0.3 is 0 Å². The molecule has 1 aromatic carbocycles. The number of aromatic nitrogens is 2. The van der Waals surface area contributed by atoms with Gasteiger partial charge in [0.25, 0.3) is 0 Å². The molecule has 1 aliphatic carbocycles. The van der Waals surface area contributed by atoms with E-state index in [2.05, 4.69) is 31.0 Å². The molecule has 2 nitrogen and oxygen atoms in total. The molecule has 1 atom stereocenters. The molecule has 3 rings (SSSR count). The Balaban J connectivity index is 0.000000521. The fourth-order valence-electron chi connectivity index (χ4n) is 2.66. The Hall–Kier alpha value is -1.48. The maximum absolute atomic E-state index is 13.9. The van der Waals surface area contributed by atoms with E-state index >= 15 is 0 Å². The van der Waals surface area contributed by atoms with Crippen molar-refractivity contribution in [2.45, 2.75) is 66.2 Å². The average molecular weight is 351 g/mol. The molecule has 0 bridgehead atoms. The Morgan fingerprint density at radius 2 is 1.88 bits per heavy atom. The summed E-state index contributed by atoms with van der Waals surface area (Å²) in [5, 5.41) is 8.82. The topological polar surface area (TPSA) is 25.8 Å². The van der Waals surface area contributed by atoms with Crippen LogP contribution < -0.4 is 0 Å². The molecule has 1 aromatic heterocycles. The van der Waals surface area contributed by atoms with Crippen LogP contribution in [0.25, 0.3) is 11.3 Å². The molecule has 0 fully saturated rings. The Morgan fingerprint density at radius 1 is 1.21 bits per heavy atom. The zero-order valence-corrected chi connectivity index (χ0v) is 16.1. The van der Waals surface area contributed by atoms with E-state index in [0.717, 1.165) is 25.0 Å². The van der Waals surface area contributed by atoms with Crippen molar-refractivity contribution in [2.75, 3.05) is 0 Å². The normalized spacial score (nSPS) is 15.4. The summed E-state index contributed by atoms with van der Waals surface area (Å²) in [7, 11) is 0. The lowest BCUT2D eigenvalue weighted by molar-refractivity contribution is 0.564. The van der Waals surface area contributed by atoms with Crippen molar-refractivity contribution in [1.29, 1.82) is 0 Å². The van der Waals surface area contributed by atoms with Crippen molar-refractivity contribution >= 4 is 11.6 Å². The second kappa shape index (κ2) is 10.4. The lowest BCUT2D eigenvalue weighted by Gasteiger charge is -2.20. The van der Waals surface area contributed by atoms with E-state index in [1.165, 1.54) is 18.1 Å². The lowest BCUT2D eigenvalue weighted by Crippen LogP contribution is -2.11. The van der Waals surface area contributed by atoms with Gasteiger partial charge in [-0.3, -0.25) is 0 Å². The maximum Gasteiger partial charge on any atom is 0.134 e. The van der Waals surface area contributed by atoms with Crippen LogP contribution in [0.3, 0.4) is 0 Å². The fourth-order valence-corrected chi connectivity index (χ4v) is 2.92. The maximum atomic E-state index is 13.9.